The lowest BCUT2D eigenvalue weighted by molar-refractivity contribution is 0.335. The van der Waals surface area contributed by atoms with E-state index in [-0.39, 0.29) is 5.54 Å². The van der Waals surface area contributed by atoms with Crippen molar-refractivity contribution >= 4 is 11.8 Å². The Morgan fingerprint density at radius 1 is 1.40 bits per heavy atom. The van der Waals surface area contributed by atoms with E-state index in [0.29, 0.717) is 5.16 Å². The van der Waals surface area contributed by atoms with Crippen molar-refractivity contribution in [2.75, 3.05) is 5.75 Å². The Labute approximate surface area is 91.9 Å². The quantitative estimate of drug-likeness (QED) is 0.762. The van der Waals surface area contributed by atoms with E-state index >= 15 is 0 Å². The molecular formula is C9H15N3O2S. The molecule has 5 nitrogen and oxygen atoms in total. The molecule has 0 atom stereocenters. The van der Waals surface area contributed by atoms with Crippen LogP contribution in [0, 0.1) is 0 Å². The van der Waals surface area contributed by atoms with Crippen LogP contribution in [0.3, 0.4) is 0 Å². The Morgan fingerprint density at radius 2 is 2.00 bits per heavy atom. The number of H-pyrrole nitrogens is 1. The number of nitrogens with zero attached hydrogens (tertiary/aromatic N) is 2. The number of hydrogen-bond donors (Lipinski definition) is 1. The van der Waals surface area contributed by atoms with Crippen LogP contribution < -0.4 is 11.4 Å². The number of aromatic nitrogens is 3. The second-order valence-electron chi connectivity index (χ2n) is 4.07. The van der Waals surface area contributed by atoms with Crippen molar-refractivity contribution in [3.8, 4) is 0 Å². The van der Waals surface area contributed by atoms with Crippen LogP contribution in [-0.4, -0.2) is 20.3 Å². The molecule has 1 aromatic heterocycles. The highest BCUT2D eigenvalue weighted by Crippen LogP contribution is 2.19. The summed E-state index contributed by atoms with van der Waals surface area (Å²) in [4.78, 5) is 28.7. The normalized spacial score (nSPS) is 11.7. The van der Waals surface area contributed by atoms with E-state index < -0.39 is 11.4 Å². The largest absolute Gasteiger partial charge is 0.351 e. The van der Waals surface area contributed by atoms with Crippen molar-refractivity contribution in [2.45, 2.75) is 38.4 Å². The van der Waals surface area contributed by atoms with E-state index in [1.54, 1.807) is 0 Å². The third-order valence-electron chi connectivity index (χ3n) is 1.75. The van der Waals surface area contributed by atoms with Crippen LogP contribution in [0.15, 0.2) is 14.7 Å². The second-order valence-corrected chi connectivity index (χ2v) is 5.30. The van der Waals surface area contributed by atoms with Crippen LogP contribution in [-0.2, 0) is 5.54 Å². The summed E-state index contributed by atoms with van der Waals surface area (Å²) >= 11 is 1.39. The first-order valence-corrected chi connectivity index (χ1v) is 5.71. The molecule has 0 aliphatic heterocycles. The molecule has 0 aliphatic rings. The van der Waals surface area contributed by atoms with Crippen LogP contribution >= 0.6 is 11.8 Å². The molecule has 1 N–H and O–H groups in total. The lowest BCUT2D eigenvalue weighted by Crippen LogP contribution is -2.41. The zero-order valence-corrected chi connectivity index (χ0v) is 10.1. The van der Waals surface area contributed by atoms with Gasteiger partial charge in [0.05, 0.1) is 0 Å². The van der Waals surface area contributed by atoms with E-state index in [4.69, 9.17) is 0 Å². The van der Waals surface area contributed by atoms with Crippen molar-refractivity contribution in [3.05, 3.63) is 21.0 Å². The summed E-state index contributed by atoms with van der Waals surface area (Å²) in [7, 11) is 0. The van der Waals surface area contributed by atoms with Gasteiger partial charge in [-0.05, 0) is 26.5 Å². The second kappa shape index (κ2) is 4.22. The fourth-order valence-electron chi connectivity index (χ4n) is 1.22. The molecule has 84 valence electrons. The van der Waals surface area contributed by atoms with Crippen LogP contribution in [0.1, 0.15) is 27.7 Å². The minimum Gasteiger partial charge on any atom is -0.267 e. The molecule has 0 saturated carbocycles. The molecule has 0 aliphatic carbocycles. The summed E-state index contributed by atoms with van der Waals surface area (Å²) in [6.07, 6.45) is 0. The SMILES string of the molecule is CCSc1nc(=O)[nH]c(=O)n1C(C)(C)C. The molecule has 1 aromatic rings. The van der Waals surface area contributed by atoms with Crippen molar-refractivity contribution < 1.29 is 0 Å². The molecule has 6 heteroatoms. The van der Waals surface area contributed by atoms with Crippen LogP contribution in [0.25, 0.3) is 0 Å². The molecule has 0 saturated heterocycles. The maximum Gasteiger partial charge on any atom is 0.351 e. The Balaban J connectivity index is 3.47. The Bertz CT molecular complexity index is 456. The molecule has 0 unspecified atom stereocenters. The maximum atomic E-state index is 11.6. The fraction of sp³-hybridized carbons (Fsp3) is 0.667. The van der Waals surface area contributed by atoms with Crippen molar-refractivity contribution in [1.29, 1.82) is 0 Å². The first-order chi connectivity index (χ1) is 6.86. The van der Waals surface area contributed by atoms with E-state index in [1.807, 2.05) is 27.7 Å². The van der Waals surface area contributed by atoms with Gasteiger partial charge in [-0.2, -0.15) is 4.98 Å². The molecule has 15 heavy (non-hydrogen) atoms. The summed E-state index contributed by atoms with van der Waals surface area (Å²) in [5.41, 5.74) is -1.37. The fourth-order valence-corrected chi connectivity index (χ4v) is 2.11. The first-order valence-electron chi connectivity index (χ1n) is 4.73. The Morgan fingerprint density at radius 3 is 2.47 bits per heavy atom. The summed E-state index contributed by atoms with van der Waals surface area (Å²) < 4.78 is 1.50. The maximum absolute atomic E-state index is 11.6. The number of nitrogens with one attached hydrogen (secondary N) is 1. The van der Waals surface area contributed by atoms with Crippen molar-refractivity contribution in [1.82, 2.24) is 14.5 Å². The van der Waals surface area contributed by atoms with Crippen LogP contribution in [0.5, 0.6) is 0 Å². The average molecular weight is 229 g/mol. The van der Waals surface area contributed by atoms with E-state index in [2.05, 4.69) is 9.97 Å². The zero-order valence-electron chi connectivity index (χ0n) is 9.33. The van der Waals surface area contributed by atoms with Crippen LogP contribution in [0.4, 0.5) is 0 Å². The number of aromatic amines is 1. The molecule has 1 heterocycles. The van der Waals surface area contributed by atoms with E-state index in [0.717, 1.165) is 5.75 Å². The third-order valence-corrected chi connectivity index (χ3v) is 2.57. The predicted octanol–water partition coefficient (Wildman–Crippen LogP) is 0.799. The standard InChI is InChI=1S/C9H15N3O2S/c1-5-15-8-11-6(13)10-7(14)12(8)9(2,3)4/h5H2,1-4H3,(H,10,13,14). The predicted molar refractivity (Wildman–Crippen MR) is 60.5 cm³/mol. The van der Waals surface area contributed by atoms with Gasteiger partial charge in [-0.1, -0.05) is 18.7 Å². The highest BCUT2D eigenvalue weighted by molar-refractivity contribution is 7.99. The van der Waals surface area contributed by atoms with Crippen molar-refractivity contribution in [2.24, 2.45) is 0 Å². The van der Waals surface area contributed by atoms with Gasteiger partial charge in [-0.25, -0.2) is 9.59 Å². The Kier molecular flexibility index (Phi) is 3.38. The Hall–Kier alpha value is -1.04. The molecule has 0 radical (unpaired) electrons. The van der Waals surface area contributed by atoms with Gasteiger partial charge in [0, 0.05) is 5.54 Å². The molecule has 0 aromatic carbocycles. The van der Waals surface area contributed by atoms with Crippen LogP contribution in [0.2, 0.25) is 0 Å². The molecule has 0 bridgehead atoms. The van der Waals surface area contributed by atoms with Gasteiger partial charge in [-0.3, -0.25) is 9.55 Å². The summed E-state index contributed by atoms with van der Waals surface area (Å²) in [5, 5.41) is 0.471. The van der Waals surface area contributed by atoms with E-state index in [1.165, 1.54) is 16.3 Å². The van der Waals surface area contributed by atoms with Gasteiger partial charge < -0.3 is 0 Å². The van der Waals surface area contributed by atoms with Gasteiger partial charge in [0.1, 0.15) is 0 Å². The monoisotopic (exact) mass is 229 g/mol. The molecule has 0 fully saturated rings. The summed E-state index contributed by atoms with van der Waals surface area (Å²) in [5.74, 6) is 0.770. The summed E-state index contributed by atoms with van der Waals surface area (Å²) in [6.45, 7) is 7.64. The molecule has 0 spiro atoms. The number of thioether (sulfide) groups is 1. The number of rotatable bonds is 2. The molecule has 1 rings (SSSR count). The molecular weight excluding hydrogens is 214 g/mol. The van der Waals surface area contributed by atoms with Gasteiger partial charge in [0.2, 0.25) is 0 Å². The zero-order chi connectivity index (χ0) is 11.6. The first kappa shape index (κ1) is 12.0. The van der Waals surface area contributed by atoms with Crippen molar-refractivity contribution in [3.63, 3.8) is 0 Å². The lowest BCUT2D eigenvalue weighted by Gasteiger charge is -2.23. The summed E-state index contributed by atoms with van der Waals surface area (Å²) in [6, 6.07) is 0. The average Bonchev–Trinajstić information content (AvgIpc) is 1.99. The van der Waals surface area contributed by atoms with E-state index in [9.17, 15) is 9.59 Å². The van der Waals surface area contributed by atoms with Gasteiger partial charge >= 0.3 is 11.4 Å². The third kappa shape index (κ3) is 2.71. The molecule has 0 amide bonds. The lowest BCUT2D eigenvalue weighted by atomic mass is 10.1. The van der Waals surface area contributed by atoms with Gasteiger partial charge in [0.25, 0.3) is 0 Å². The smallest absolute Gasteiger partial charge is 0.267 e. The highest BCUT2D eigenvalue weighted by Gasteiger charge is 2.20. The minimum atomic E-state index is -0.587. The number of hydrogen-bond acceptors (Lipinski definition) is 4. The topological polar surface area (TPSA) is 67.8 Å². The van der Waals surface area contributed by atoms with Gasteiger partial charge in [0.15, 0.2) is 5.16 Å². The highest BCUT2D eigenvalue weighted by atomic mass is 32.2. The minimum absolute atomic E-state index is 0.383. The van der Waals surface area contributed by atoms with Gasteiger partial charge in [-0.15, -0.1) is 0 Å².